The molecule has 0 atom stereocenters. The van der Waals surface area contributed by atoms with Crippen LogP contribution in [0, 0.1) is 0 Å². The summed E-state index contributed by atoms with van der Waals surface area (Å²) in [5.74, 6) is 1.59. The second kappa shape index (κ2) is 11.0. The van der Waals surface area contributed by atoms with E-state index in [1.807, 2.05) is 35.2 Å². The normalized spacial score (nSPS) is 13.8. The van der Waals surface area contributed by atoms with Gasteiger partial charge in [-0.3, -0.25) is 4.79 Å². The van der Waals surface area contributed by atoms with Crippen molar-refractivity contribution in [2.75, 3.05) is 30.3 Å². The van der Waals surface area contributed by atoms with Gasteiger partial charge in [0, 0.05) is 37.6 Å². The van der Waals surface area contributed by atoms with Crippen molar-refractivity contribution in [2.24, 2.45) is 0 Å². The molecule has 1 amide bonds. The molecule has 0 bridgehead atoms. The van der Waals surface area contributed by atoms with Gasteiger partial charge in [0.25, 0.3) is 0 Å². The van der Waals surface area contributed by atoms with Gasteiger partial charge in [-0.1, -0.05) is 36.4 Å². The summed E-state index contributed by atoms with van der Waals surface area (Å²) < 4.78 is 40.9. The molecule has 6 rings (SSSR count). The smallest absolute Gasteiger partial charge is 0.368 e. The number of imidazole rings is 1. The summed E-state index contributed by atoms with van der Waals surface area (Å²) >= 11 is 0. The lowest BCUT2D eigenvalue weighted by atomic mass is 10.1. The Morgan fingerprint density at radius 1 is 0.951 bits per heavy atom. The van der Waals surface area contributed by atoms with Gasteiger partial charge in [-0.2, -0.15) is 23.1 Å². The van der Waals surface area contributed by atoms with Gasteiger partial charge < -0.3 is 20.1 Å². The predicted molar refractivity (Wildman–Crippen MR) is 150 cm³/mol. The minimum atomic E-state index is -4.40. The number of carbonyl (C=O) groups excluding carboxylic acids is 1. The molecule has 0 unspecified atom stereocenters. The third-order valence-electron chi connectivity index (χ3n) is 7.07. The fourth-order valence-electron chi connectivity index (χ4n) is 4.98. The second-order valence-electron chi connectivity index (χ2n) is 9.91. The van der Waals surface area contributed by atoms with Crippen LogP contribution in [-0.2, 0) is 17.5 Å². The average Bonchev–Trinajstić information content (AvgIpc) is 3.56. The molecule has 4 heterocycles. The Morgan fingerprint density at radius 2 is 1.78 bits per heavy atom. The molecule has 12 heteroatoms. The molecule has 1 saturated heterocycles. The number of rotatable bonds is 9. The fourth-order valence-corrected chi connectivity index (χ4v) is 4.98. The van der Waals surface area contributed by atoms with Crippen LogP contribution in [0.1, 0.15) is 30.4 Å². The molecular formula is C29H27F3N8O. The molecule has 3 aromatic heterocycles. The van der Waals surface area contributed by atoms with Gasteiger partial charge in [-0.15, -0.1) is 0 Å². The van der Waals surface area contributed by atoms with Crippen LogP contribution in [-0.4, -0.2) is 54.9 Å². The van der Waals surface area contributed by atoms with E-state index in [4.69, 9.17) is 9.97 Å². The van der Waals surface area contributed by atoms with Gasteiger partial charge in [-0.05, 0) is 42.0 Å². The zero-order valence-corrected chi connectivity index (χ0v) is 22.0. The molecule has 41 heavy (non-hydrogen) atoms. The number of pyridine rings is 1. The Kier molecular flexibility index (Phi) is 7.12. The topological polar surface area (TPSA) is 101 Å². The number of likely N-dealkylation sites (tertiary alicyclic amines) is 1. The van der Waals surface area contributed by atoms with E-state index in [-0.39, 0.29) is 12.5 Å². The number of anilines is 3. The Hall–Kier alpha value is -4.74. The third-order valence-corrected chi connectivity index (χ3v) is 7.07. The number of carbonyl (C=O) groups is 1. The summed E-state index contributed by atoms with van der Waals surface area (Å²) in [6, 6.07) is 14.8. The monoisotopic (exact) mass is 560 g/mol. The summed E-state index contributed by atoms with van der Waals surface area (Å²) in [5, 5.41) is 8.49. The van der Waals surface area contributed by atoms with Crippen LogP contribution in [0.4, 0.5) is 30.8 Å². The van der Waals surface area contributed by atoms with Crippen LogP contribution in [0.15, 0.2) is 67.1 Å². The molecule has 0 saturated carbocycles. The van der Waals surface area contributed by atoms with E-state index in [0.717, 1.165) is 42.3 Å². The van der Waals surface area contributed by atoms with Gasteiger partial charge >= 0.3 is 6.18 Å². The highest BCUT2D eigenvalue weighted by atomic mass is 19.4. The molecule has 1 aliphatic rings. The molecule has 9 nitrogen and oxygen atoms in total. The second-order valence-corrected chi connectivity index (χ2v) is 9.91. The van der Waals surface area contributed by atoms with E-state index >= 15 is 0 Å². The van der Waals surface area contributed by atoms with Crippen LogP contribution in [0.2, 0.25) is 0 Å². The minimum Gasteiger partial charge on any atom is -0.368 e. The first-order valence-corrected chi connectivity index (χ1v) is 13.4. The maximum atomic E-state index is 13.0. The van der Waals surface area contributed by atoms with Gasteiger partial charge in [0.05, 0.1) is 18.4 Å². The highest BCUT2D eigenvalue weighted by molar-refractivity contribution is 5.93. The summed E-state index contributed by atoms with van der Waals surface area (Å²) in [6.45, 7) is 2.28. The number of hydrogen-bond acceptors (Lipinski definition) is 7. The number of hydrogen-bond donors (Lipinski definition) is 2. The highest BCUT2D eigenvalue weighted by Crippen LogP contribution is 2.30. The van der Waals surface area contributed by atoms with E-state index in [2.05, 4.69) is 20.6 Å². The summed E-state index contributed by atoms with van der Waals surface area (Å²) in [4.78, 5) is 32.2. The molecule has 5 aromatic rings. The fraction of sp³-hybridized carbons (Fsp3) is 0.276. The molecular weight excluding hydrogens is 533 g/mol. The van der Waals surface area contributed by atoms with Gasteiger partial charge in [0.15, 0.2) is 17.0 Å². The SMILES string of the molecule is O=C1CCCN1CCCNc1nc(Nc2nccc3ccccc23)nc2c1ncn2Cc1ccc(C(F)(F)F)cc1. The summed E-state index contributed by atoms with van der Waals surface area (Å²) in [7, 11) is 0. The van der Waals surface area contributed by atoms with Crippen LogP contribution in [0.3, 0.4) is 0 Å². The van der Waals surface area contributed by atoms with Gasteiger partial charge in [-0.25, -0.2) is 9.97 Å². The van der Waals surface area contributed by atoms with E-state index in [1.54, 1.807) is 17.1 Å². The van der Waals surface area contributed by atoms with Crippen LogP contribution in [0.25, 0.3) is 21.9 Å². The van der Waals surface area contributed by atoms with Crippen molar-refractivity contribution in [1.29, 1.82) is 0 Å². The van der Waals surface area contributed by atoms with Crippen LogP contribution in [0.5, 0.6) is 0 Å². The maximum Gasteiger partial charge on any atom is 0.416 e. The molecule has 0 radical (unpaired) electrons. The van der Waals surface area contributed by atoms with E-state index in [1.165, 1.54) is 12.1 Å². The Labute approximate surface area is 233 Å². The summed E-state index contributed by atoms with van der Waals surface area (Å²) in [5.41, 5.74) is 1.02. The molecule has 0 aliphatic carbocycles. The molecule has 0 spiro atoms. The van der Waals surface area contributed by atoms with Gasteiger partial charge in [0.2, 0.25) is 11.9 Å². The van der Waals surface area contributed by atoms with E-state index in [0.29, 0.717) is 53.8 Å². The first-order chi connectivity index (χ1) is 19.8. The Balaban J connectivity index is 1.29. The highest BCUT2D eigenvalue weighted by Gasteiger charge is 2.30. The van der Waals surface area contributed by atoms with E-state index in [9.17, 15) is 18.0 Å². The van der Waals surface area contributed by atoms with Crippen molar-refractivity contribution >= 4 is 45.4 Å². The minimum absolute atomic E-state index is 0.186. The number of fused-ring (bicyclic) bond motifs is 2. The number of benzene rings is 2. The third kappa shape index (κ3) is 5.76. The lowest BCUT2D eigenvalue weighted by molar-refractivity contribution is -0.137. The number of nitrogens with one attached hydrogen (secondary N) is 2. The van der Waals surface area contributed by atoms with Gasteiger partial charge in [0.1, 0.15) is 5.82 Å². The van der Waals surface area contributed by atoms with Crippen molar-refractivity contribution in [3.8, 4) is 0 Å². The quantitative estimate of drug-likeness (QED) is 0.226. The maximum absolute atomic E-state index is 13.0. The van der Waals surface area contributed by atoms with Crippen molar-refractivity contribution in [2.45, 2.75) is 32.0 Å². The zero-order valence-electron chi connectivity index (χ0n) is 22.0. The number of amides is 1. The molecule has 2 N–H and O–H groups in total. The first kappa shape index (κ1) is 26.5. The predicted octanol–water partition coefficient (Wildman–Crippen LogP) is 5.61. The van der Waals surface area contributed by atoms with Crippen molar-refractivity contribution in [3.05, 3.63) is 78.2 Å². The van der Waals surface area contributed by atoms with Crippen molar-refractivity contribution in [3.63, 3.8) is 0 Å². The Morgan fingerprint density at radius 3 is 2.56 bits per heavy atom. The largest absolute Gasteiger partial charge is 0.416 e. The molecule has 210 valence electrons. The molecule has 1 aliphatic heterocycles. The van der Waals surface area contributed by atoms with Crippen molar-refractivity contribution < 1.29 is 18.0 Å². The lowest BCUT2D eigenvalue weighted by Crippen LogP contribution is -2.27. The average molecular weight is 561 g/mol. The molecule has 1 fully saturated rings. The van der Waals surface area contributed by atoms with Crippen LogP contribution >= 0.6 is 0 Å². The lowest BCUT2D eigenvalue weighted by Gasteiger charge is -2.16. The number of alkyl halides is 3. The number of halogens is 3. The van der Waals surface area contributed by atoms with Crippen molar-refractivity contribution in [1.82, 2.24) is 29.4 Å². The zero-order chi connectivity index (χ0) is 28.4. The first-order valence-electron chi connectivity index (χ1n) is 13.4. The van der Waals surface area contributed by atoms with Crippen LogP contribution < -0.4 is 10.6 Å². The number of aromatic nitrogens is 5. The Bertz CT molecular complexity index is 1700. The number of nitrogens with zero attached hydrogens (tertiary/aromatic N) is 6. The summed E-state index contributed by atoms with van der Waals surface area (Å²) in [6.07, 6.45) is 1.14. The van der Waals surface area contributed by atoms with E-state index < -0.39 is 11.7 Å². The molecule has 2 aromatic carbocycles. The standard InChI is InChI=1S/C29H27F3N8O/c30-29(31,32)21-10-8-19(9-11-21)17-40-18-35-24-26(33-13-4-16-39-15-3-7-23(39)41)37-28(38-27(24)40)36-25-22-6-2-1-5-20(22)12-14-34-25/h1-2,5-6,8-12,14,18H,3-4,7,13,15-17H2,(H2,33,34,36,37,38).